The summed E-state index contributed by atoms with van der Waals surface area (Å²) in [4.78, 5) is 0. The van der Waals surface area contributed by atoms with Crippen molar-refractivity contribution in [3.05, 3.63) is 53.1 Å². The molecule has 0 spiro atoms. The highest BCUT2D eigenvalue weighted by atomic mass is 19.2. The summed E-state index contributed by atoms with van der Waals surface area (Å²) in [7, 11) is 0. The molecule has 0 saturated heterocycles. The molecule has 0 aliphatic rings. The molecular weight excluding hydrogens is 456 g/mol. The van der Waals surface area contributed by atoms with Crippen LogP contribution in [0.4, 0.5) is 17.6 Å². The molecule has 2 nitrogen and oxygen atoms in total. The molecule has 4 atom stereocenters. The van der Waals surface area contributed by atoms with E-state index in [1.165, 1.54) is 43.5 Å². The monoisotopic (exact) mass is 496 g/mol. The van der Waals surface area contributed by atoms with E-state index in [1.54, 1.807) is 6.92 Å². The maximum Gasteiger partial charge on any atom is 0.201 e. The van der Waals surface area contributed by atoms with Crippen LogP contribution in [-0.4, -0.2) is 19.3 Å². The predicted molar refractivity (Wildman–Crippen MR) is 134 cm³/mol. The zero-order valence-corrected chi connectivity index (χ0v) is 21.9. The fourth-order valence-electron chi connectivity index (χ4n) is 3.96. The quantitative estimate of drug-likeness (QED) is 0.243. The molecule has 0 aliphatic carbocycles. The van der Waals surface area contributed by atoms with Gasteiger partial charge in [-0.25, -0.2) is 13.2 Å². The number of aryl methyl sites for hydroxylation is 1. The molecule has 0 saturated carbocycles. The van der Waals surface area contributed by atoms with Crippen LogP contribution in [0.5, 0.6) is 5.75 Å². The van der Waals surface area contributed by atoms with Crippen LogP contribution in [0.25, 0.3) is 11.1 Å². The molecule has 0 amide bonds. The first-order valence-electron chi connectivity index (χ1n) is 12.8. The zero-order chi connectivity index (χ0) is 26.1. The second-order valence-electron chi connectivity index (χ2n) is 9.80. The maximum absolute atomic E-state index is 14.8. The van der Waals surface area contributed by atoms with Gasteiger partial charge in [0.15, 0.2) is 23.2 Å². The van der Waals surface area contributed by atoms with Gasteiger partial charge in [0.1, 0.15) is 0 Å². The minimum Gasteiger partial charge on any atom is -0.491 e. The topological polar surface area (TPSA) is 18.5 Å². The summed E-state index contributed by atoms with van der Waals surface area (Å²) in [5, 5.41) is 0. The molecule has 2 aromatic rings. The first kappa shape index (κ1) is 29.2. The molecule has 2 aromatic carbocycles. The molecule has 0 fully saturated rings. The van der Waals surface area contributed by atoms with Crippen molar-refractivity contribution < 1.29 is 27.0 Å². The number of halogens is 4. The molecule has 35 heavy (non-hydrogen) atoms. The Kier molecular flexibility index (Phi) is 11.5. The summed E-state index contributed by atoms with van der Waals surface area (Å²) in [6, 6.07) is 5.13. The van der Waals surface area contributed by atoms with E-state index in [9.17, 15) is 17.6 Å². The van der Waals surface area contributed by atoms with E-state index in [0.29, 0.717) is 24.9 Å². The van der Waals surface area contributed by atoms with Crippen molar-refractivity contribution in [1.29, 1.82) is 0 Å². The van der Waals surface area contributed by atoms with E-state index in [4.69, 9.17) is 9.47 Å². The Hall–Kier alpha value is -2.08. The van der Waals surface area contributed by atoms with Crippen LogP contribution in [0.3, 0.4) is 0 Å². The van der Waals surface area contributed by atoms with E-state index < -0.39 is 23.3 Å². The molecular formula is C29H40F4O2. The molecule has 0 bridgehead atoms. The molecule has 0 heterocycles. The van der Waals surface area contributed by atoms with E-state index >= 15 is 0 Å². The van der Waals surface area contributed by atoms with Gasteiger partial charge < -0.3 is 9.47 Å². The number of hydrogen-bond acceptors (Lipinski definition) is 2. The Bertz CT molecular complexity index is 947. The van der Waals surface area contributed by atoms with Crippen molar-refractivity contribution in [2.24, 2.45) is 17.8 Å². The first-order chi connectivity index (χ1) is 16.6. The molecule has 0 N–H and O–H groups in total. The number of rotatable bonds is 14. The van der Waals surface area contributed by atoms with E-state index in [1.807, 2.05) is 6.92 Å². The third-order valence-electron chi connectivity index (χ3n) is 7.05. The lowest BCUT2D eigenvalue weighted by atomic mass is 9.88. The standard InChI is InChI=1S/C29H40F4O2/c1-7-18(3)9-10-19(4)20(5)17-35-21(6)11-12-22-13-14-23(27(31)26(22)30)24-15-16-25(34-8-2)29(33)28(24)32/h13-16,18-21H,7-12,17H2,1-6H3. The average Bonchev–Trinajstić information content (AvgIpc) is 2.85. The Balaban J connectivity index is 1.97. The van der Waals surface area contributed by atoms with Gasteiger partial charge in [-0.2, -0.15) is 4.39 Å². The van der Waals surface area contributed by atoms with Crippen LogP contribution in [-0.2, 0) is 11.2 Å². The van der Waals surface area contributed by atoms with Gasteiger partial charge in [0, 0.05) is 17.7 Å². The predicted octanol–water partition coefficient (Wildman–Crippen LogP) is 8.74. The molecule has 4 unspecified atom stereocenters. The second kappa shape index (κ2) is 13.9. The van der Waals surface area contributed by atoms with Crippen molar-refractivity contribution in [2.45, 2.75) is 79.8 Å². The van der Waals surface area contributed by atoms with E-state index in [-0.39, 0.29) is 41.6 Å². The van der Waals surface area contributed by atoms with Crippen molar-refractivity contribution in [3.63, 3.8) is 0 Å². The van der Waals surface area contributed by atoms with Gasteiger partial charge in [0.2, 0.25) is 5.82 Å². The van der Waals surface area contributed by atoms with Crippen LogP contribution in [0.2, 0.25) is 0 Å². The van der Waals surface area contributed by atoms with Crippen LogP contribution >= 0.6 is 0 Å². The third kappa shape index (κ3) is 7.96. The SMILES string of the molecule is CCOc1ccc(-c2ccc(CCC(C)OCC(C)C(C)CCC(C)CC)c(F)c2F)c(F)c1F. The normalized spacial score (nSPS) is 15.0. The minimum absolute atomic E-state index is 0.112. The van der Waals surface area contributed by atoms with Crippen molar-refractivity contribution in [1.82, 2.24) is 0 Å². The van der Waals surface area contributed by atoms with Gasteiger partial charge in [-0.1, -0.05) is 59.1 Å². The molecule has 196 valence electrons. The average molecular weight is 497 g/mol. The zero-order valence-electron chi connectivity index (χ0n) is 21.9. The van der Waals surface area contributed by atoms with Gasteiger partial charge in [0.25, 0.3) is 0 Å². The second-order valence-corrected chi connectivity index (χ2v) is 9.80. The summed E-state index contributed by atoms with van der Waals surface area (Å²) >= 11 is 0. The fourth-order valence-corrected chi connectivity index (χ4v) is 3.96. The van der Waals surface area contributed by atoms with Gasteiger partial charge in [0.05, 0.1) is 12.7 Å². The van der Waals surface area contributed by atoms with Crippen molar-refractivity contribution in [2.75, 3.05) is 13.2 Å². The number of ether oxygens (including phenoxy) is 2. The smallest absolute Gasteiger partial charge is 0.201 e. The number of hydrogen-bond donors (Lipinski definition) is 0. The summed E-state index contributed by atoms with van der Waals surface area (Å²) in [5.41, 5.74) is -0.485. The molecule has 0 aromatic heterocycles. The summed E-state index contributed by atoms with van der Waals surface area (Å²) in [6.07, 6.45) is 4.27. The summed E-state index contributed by atoms with van der Waals surface area (Å²) in [6.45, 7) is 13.3. The van der Waals surface area contributed by atoms with Crippen LogP contribution < -0.4 is 4.74 Å². The lowest BCUT2D eigenvalue weighted by Gasteiger charge is -2.23. The van der Waals surface area contributed by atoms with E-state index in [0.717, 1.165) is 5.92 Å². The fraction of sp³-hybridized carbons (Fsp3) is 0.586. The van der Waals surface area contributed by atoms with E-state index in [2.05, 4.69) is 27.7 Å². The van der Waals surface area contributed by atoms with Crippen LogP contribution in [0, 0.1) is 41.0 Å². The van der Waals surface area contributed by atoms with Gasteiger partial charge in [-0.3, -0.25) is 0 Å². The maximum atomic E-state index is 14.8. The van der Waals surface area contributed by atoms with Gasteiger partial charge >= 0.3 is 0 Å². The molecule has 0 radical (unpaired) electrons. The Morgan fingerprint density at radius 3 is 1.97 bits per heavy atom. The Morgan fingerprint density at radius 2 is 1.34 bits per heavy atom. The molecule has 0 aliphatic heterocycles. The first-order valence-corrected chi connectivity index (χ1v) is 12.8. The lowest BCUT2D eigenvalue weighted by Crippen LogP contribution is -2.20. The van der Waals surface area contributed by atoms with Gasteiger partial charge in [-0.15, -0.1) is 0 Å². The lowest BCUT2D eigenvalue weighted by molar-refractivity contribution is 0.0259. The molecule has 2 rings (SSSR count). The minimum atomic E-state index is -1.27. The van der Waals surface area contributed by atoms with Crippen LogP contribution in [0.15, 0.2) is 24.3 Å². The highest BCUT2D eigenvalue weighted by Crippen LogP contribution is 2.33. The van der Waals surface area contributed by atoms with Gasteiger partial charge in [-0.05, 0) is 62.1 Å². The van der Waals surface area contributed by atoms with Crippen molar-refractivity contribution >= 4 is 0 Å². The number of benzene rings is 2. The summed E-state index contributed by atoms with van der Waals surface area (Å²) in [5.74, 6) is -3.28. The Labute approximate surface area is 208 Å². The third-order valence-corrected chi connectivity index (χ3v) is 7.05. The summed E-state index contributed by atoms with van der Waals surface area (Å²) < 4.78 is 69.3. The van der Waals surface area contributed by atoms with Crippen LogP contribution in [0.1, 0.15) is 72.8 Å². The molecule has 6 heteroatoms. The highest BCUT2D eigenvalue weighted by Gasteiger charge is 2.22. The largest absolute Gasteiger partial charge is 0.491 e. The highest BCUT2D eigenvalue weighted by molar-refractivity contribution is 5.66. The Morgan fingerprint density at radius 1 is 0.714 bits per heavy atom. The van der Waals surface area contributed by atoms with Crippen molar-refractivity contribution in [3.8, 4) is 16.9 Å².